The molecule has 0 bridgehead atoms. The Morgan fingerprint density at radius 1 is 0.704 bits per heavy atom. The van der Waals surface area contributed by atoms with E-state index in [-0.39, 0.29) is 0 Å². The van der Waals surface area contributed by atoms with E-state index in [0.717, 1.165) is 22.6 Å². The molecule has 0 N–H and O–H groups in total. The molecule has 3 rings (SSSR count). The van der Waals surface area contributed by atoms with Crippen LogP contribution in [0, 0.1) is 22.7 Å². The number of nitriles is 2. The third kappa shape index (κ3) is 4.33. The SMILES string of the molecule is CCCCc1c(-c2ccc(C#N)s2)sc(-c2ccc(C#N)s2)c1CCCC. The first kappa shape index (κ1) is 19.8. The van der Waals surface area contributed by atoms with Crippen LogP contribution in [0.15, 0.2) is 24.3 Å². The van der Waals surface area contributed by atoms with Crippen LogP contribution in [0.1, 0.15) is 60.4 Å². The van der Waals surface area contributed by atoms with Crippen molar-refractivity contribution in [1.29, 1.82) is 10.5 Å². The van der Waals surface area contributed by atoms with Crippen LogP contribution in [-0.4, -0.2) is 0 Å². The molecule has 27 heavy (non-hydrogen) atoms. The fourth-order valence-corrected chi connectivity index (χ4v) is 6.45. The first-order chi connectivity index (χ1) is 13.2. The Labute approximate surface area is 173 Å². The molecule has 0 amide bonds. The van der Waals surface area contributed by atoms with Crippen LogP contribution in [-0.2, 0) is 12.8 Å². The molecule has 3 aromatic heterocycles. The van der Waals surface area contributed by atoms with Gasteiger partial charge in [-0.15, -0.1) is 34.0 Å². The zero-order chi connectivity index (χ0) is 19.2. The highest BCUT2D eigenvalue weighted by Gasteiger charge is 2.21. The quantitative estimate of drug-likeness (QED) is 0.383. The lowest BCUT2D eigenvalue weighted by Crippen LogP contribution is -1.94. The first-order valence-corrected chi connectivity index (χ1v) is 11.8. The average Bonchev–Trinajstić information content (AvgIpc) is 3.42. The van der Waals surface area contributed by atoms with Crippen LogP contribution in [0.5, 0.6) is 0 Å². The van der Waals surface area contributed by atoms with Crippen molar-refractivity contribution in [2.24, 2.45) is 0 Å². The second-order valence-electron chi connectivity index (χ2n) is 6.48. The summed E-state index contributed by atoms with van der Waals surface area (Å²) in [4.78, 5) is 6.57. The number of thiophene rings is 3. The van der Waals surface area contributed by atoms with Crippen LogP contribution in [0.3, 0.4) is 0 Å². The van der Waals surface area contributed by atoms with Crippen molar-refractivity contribution in [2.45, 2.75) is 52.4 Å². The number of hydrogen-bond acceptors (Lipinski definition) is 5. The lowest BCUT2D eigenvalue weighted by Gasteiger charge is -2.08. The summed E-state index contributed by atoms with van der Waals surface area (Å²) in [6, 6.07) is 12.6. The van der Waals surface area contributed by atoms with Crippen molar-refractivity contribution in [2.75, 3.05) is 0 Å². The minimum absolute atomic E-state index is 0.763. The fourth-order valence-electron chi connectivity index (χ4n) is 3.17. The Hall–Kier alpha value is -1.92. The summed E-state index contributed by atoms with van der Waals surface area (Å²) in [5.41, 5.74) is 2.92. The third-order valence-electron chi connectivity index (χ3n) is 4.56. The molecule has 0 atom stereocenters. The van der Waals surface area contributed by atoms with Gasteiger partial charge >= 0.3 is 0 Å². The molecule has 3 aromatic rings. The highest BCUT2D eigenvalue weighted by molar-refractivity contribution is 7.27. The molecule has 0 unspecified atom stereocenters. The Kier molecular flexibility index (Phi) is 6.85. The Morgan fingerprint density at radius 3 is 1.48 bits per heavy atom. The zero-order valence-corrected chi connectivity index (χ0v) is 18.1. The fraction of sp³-hybridized carbons (Fsp3) is 0.364. The van der Waals surface area contributed by atoms with Crippen molar-refractivity contribution >= 4 is 34.0 Å². The molecule has 3 heterocycles. The molecule has 138 valence electrons. The van der Waals surface area contributed by atoms with Crippen molar-refractivity contribution in [3.63, 3.8) is 0 Å². The number of unbranched alkanes of at least 4 members (excludes halogenated alkanes) is 2. The summed E-state index contributed by atoms with van der Waals surface area (Å²) in [6.07, 6.45) is 6.85. The summed E-state index contributed by atoms with van der Waals surface area (Å²) < 4.78 is 0. The largest absolute Gasteiger partial charge is 0.192 e. The second-order valence-corrected chi connectivity index (χ2v) is 9.66. The Bertz CT molecular complexity index is 913. The van der Waals surface area contributed by atoms with Crippen LogP contribution in [0.2, 0.25) is 0 Å². The minimum Gasteiger partial charge on any atom is -0.192 e. The average molecular weight is 411 g/mol. The molecule has 0 aliphatic heterocycles. The molecule has 0 saturated carbocycles. The molecule has 0 aliphatic rings. The zero-order valence-electron chi connectivity index (χ0n) is 15.7. The van der Waals surface area contributed by atoms with Gasteiger partial charge in [-0.1, -0.05) is 26.7 Å². The van der Waals surface area contributed by atoms with Gasteiger partial charge in [0.05, 0.1) is 0 Å². The van der Waals surface area contributed by atoms with Crippen LogP contribution in [0.25, 0.3) is 19.5 Å². The van der Waals surface area contributed by atoms with Crippen molar-refractivity contribution in [1.82, 2.24) is 0 Å². The predicted octanol–water partition coefficient (Wildman–Crippen LogP) is 7.63. The van der Waals surface area contributed by atoms with Gasteiger partial charge in [0, 0.05) is 19.5 Å². The summed E-state index contributed by atoms with van der Waals surface area (Å²) in [5, 5.41) is 18.5. The first-order valence-electron chi connectivity index (χ1n) is 9.36. The van der Waals surface area contributed by atoms with Crippen LogP contribution < -0.4 is 0 Å². The van der Waals surface area contributed by atoms with E-state index < -0.39 is 0 Å². The van der Waals surface area contributed by atoms with E-state index in [1.807, 2.05) is 23.5 Å². The van der Waals surface area contributed by atoms with E-state index in [0.29, 0.717) is 0 Å². The predicted molar refractivity (Wildman–Crippen MR) is 118 cm³/mol. The van der Waals surface area contributed by atoms with Gasteiger partial charge in [-0.3, -0.25) is 0 Å². The Balaban J connectivity index is 2.16. The number of hydrogen-bond donors (Lipinski definition) is 0. The van der Waals surface area contributed by atoms with Gasteiger partial charge in [0.1, 0.15) is 21.9 Å². The molecule has 0 aromatic carbocycles. The molecule has 5 heteroatoms. The maximum atomic E-state index is 9.23. The van der Waals surface area contributed by atoms with E-state index in [9.17, 15) is 10.5 Å². The maximum Gasteiger partial charge on any atom is 0.110 e. The van der Waals surface area contributed by atoms with E-state index in [1.54, 1.807) is 22.7 Å². The van der Waals surface area contributed by atoms with Gasteiger partial charge in [-0.2, -0.15) is 10.5 Å². The van der Waals surface area contributed by atoms with Crippen molar-refractivity contribution < 1.29 is 0 Å². The molecular weight excluding hydrogens is 388 g/mol. The highest BCUT2D eigenvalue weighted by Crippen LogP contribution is 2.47. The summed E-state index contributed by atoms with van der Waals surface area (Å²) >= 11 is 5.01. The van der Waals surface area contributed by atoms with Gasteiger partial charge in [0.25, 0.3) is 0 Å². The molecular formula is C22H22N2S3. The molecule has 0 saturated heterocycles. The summed E-state index contributed by atoms with van der Waals surface area (Å²) in [7, 11) is 0. The van der Waals surface area contributed by atoms with E-state index in [2.05, 4.69) is 38.1 Å². The van der Waals surface area contributed by atoms with Crippen LogP contribution >= 0.6 is 34.0 Å². The monoisotopic (exact) mass is 410 g/mol. The maximum absolute atomic E-state index is 9.23. The topological polar surface area (TPSA) is 47.6 Å². The van der Waals surface area contributed by atoms with Crippen LogP contribution in [0.4, 0.5) is 0 Å². The van der Waals surface area contributed by atoms with Gasteiger partial charge in [-0.05, 0) is 61.1 Å². The molecule has 0 aliphatic carbocycles. The van der Waals surface area contributed by atoms with E-state index >= 15 is 0 Å². The van der Waals surface area contributed by atoms with Gasteiger partial charge < -0.3 is 0 Å². The standard InChI is InChI=1S/C22H22N2S3/c1-3-5-7-17-18(8-6-4-2)22(20-12-10-16(14-24)26-20)27-21(17)19-11-9-15(13-23)25-19/h9-12H,3-8H2,1-2H3. The smallest absolute Gasteiger partial charge is 0.110 e. The van der Waals surface area contributed by atoms with Gasteiger partial charge in [0.15, 0.2) is 0 Å². The summed E-state index contributed by atoms with van der Waals surface area (Å²) in [5.74, 6) is 0. The minimum atomic E-state index is 0.763. The highest BCUT2D eigenvalue weighted by atomic mass is 32.1. The van der Waals surface area contributed by atoms with Gasteiger partial charge in [-0.25, -0.2) is 0 Å². The third-order valence-corrected chi connectivity index (χ3v) is 8.17. The summed E-state index contributed by atoms with van der Waals surface area (Å²) in [6.45, 7) is 4.46. The lowest BCUT2D eigenvalue weighted by atomic mass is 9.97. The normalized spacial score (nSPS) is 10.7. The molecule has 0 spiro atoms. The van der Waals surface area contributed by atoms with E-state index in [4.69, 9.17) is 0 Å². The Morgan fingerprint density at radius 2 is 1.15 bits per heavy atom. The van der Waals surface area contributed by atoms with Crippen molar-refractivity contribution in [3.05, 3.63) is 45.1 Å². The van der Waals surface area contributed by atoms with Crippen molar-refractivity contribution in [3.8, 4) is 31.6 Å². The lowest BCUT2D eigenvalue weighted by molar-refractivity contribution is 0.764. The number of nitrogens with zero attached hydrogens (tertiary/aromatic N) is 2. The van der Waals surface area contributed by atoms with E-state index in [1.165, 1.54) is 56.3 Å². The second kappa shape index (κ2) is 9.33. The van der Waals surface area contributed by atoms with Gasteiger partial charge in [0.2, 0.25) is 0 Å². The molecule has 0 fully saturated rings. The number of rotatable bonds is 8. The molecule has 0 radical (unpaired) electrons. The molecule has 2 nitrogen and oxygen atoms in total.